The molecule has 5 heteroatoms. The Bertz CT molecular complexity index is 468. The first-order valence-electron chi connectivity index (χ1n) is 8.82. The predicted molar refractivity (Wildman–Crippen MR) is 91.6 cm³/mol. The molecule has 1 saturated carbocycles. The van der Waals surface area contributed by atoms with E-state index in [4.69, 9.17) is 0 Å². The van der Waals surface area contributed by atoms with Gasteiger partial charge >= 0.3 is 0 Å². The van der Waals surface area contributed by atoms with E-state index in [1.54, 1.807) is 11.1 Å². The summed E-state index contributed by atoms with van der Waals surface area (Å²) in [4.78, 5) is 18.8. The highest BCUT2D eigenvalue weighted by molar-refractivity contribution is 5.97. The van der Waals surface area contributed by atoms with Gasteiger partial charge in [0, 0.05) is 32.4 Å². The number of amides is 1. The number of rotatable bonds is 4. The molecule has 0 unspecified atom stereocenters. The molecule has 0 aromatic heterocycles. The lowest BCUT2D eigenvalue weighted by Crippen LogP contribution is -2.45. The lowest BCUT2D eigenvalue weighted by Gasteiger charge is -2.35. The predicted octanol–water partition coefficient (Wildman–Crippen LogP) is 2.21. The van der Waals surface area contributed by atoms with E-state index in [1.807, 2.05) is 14.1 Å². The summed E-state index contributed by atoms with van der Waals surface area (Å²) in [5.41, 5.74) is 0.263. The number of nitriles is 1. The number of piperidine rings is 1. The first-order chi connectivity index (χ1) is 11.0. The van der Waals surface area contributed by atoms with Crippen molar-refractivity contribution in [1.29, 1.82) is 5.26 Å². The van der Waals surface area contributed by atoms with Crippen LogP contribution in [-0.4, -0.2) is 66.9 Å². The molecule has 0 aromatic carbocycles. The lowest BCUT2D eigenvalue weighted by atomic mass is 9.94. The second-order valence-corrected chi connectivity index (χ2v) is 7.06. The van der Waals surface area contributed by atoms with Crippen LogP contribution in [0.15, 0.2) is 11.8 Å². The van der Waals surface area contributed by atoms with Crippen molar-refractivity contribution in [3.8, 4) is 6.07 Å². The average molecular weight is 318 g/mol. The van der Waals surface area contributed by atoms with E-state index >= 15 is 0 Å². The number of carbonyl (C=O) groups is 1. The van der Waals surface area contributed by atoms with Crippen LogP contribution >= 0.6 is 0 Å². The fraction of sp³-hybridized carbons (Fsp3) is 0.778. The molecule has 1 aliphatic carbocycles. The van der Waals surface area contributed by atoms with Gasteiger partial charge in [-0.2, -0.15) is 5.26 Å². The molecule has 0 N–H and O–H groups in total. The maximum atomic E-state index is 12.7. The van der Waals surface area contributed by atoms with Crippen molar-refractivity contribution < 1.29 is 4.79 Å². The summed E-state index contributed by atoms with van der Waals surface area (Å²) in [5, 5.41) is 9.43. The van der Waals surface area contributed by atoms with Gasteiger partial charge in [-0.05, 0) is 45.8 Å². The number of likely N-dealkylation sites (tertiary alicyclic amines) is 1. The third-order valence-electron chi connectivity index (χ3n) is 5.39. The monoisotopic (exact) mass is 318 g/mol. The van der Waals surface area contributed by atoms with Crippen LogP contribution in [0.5, 0.6) is 0 Å². The Labute approximate surface area is 140 Å². The summed E-state index contributed by atoms with van der Waals surface area (Å²) in [6.07, 6.45) is 9.84. The van der Waals surface area contributed by atoms with Gasteiger partial charge in [0.2, 0.25) is 0 Å². The summed E-state index contributed by atoms with van der Waals surface area (Å²) < 4.78 is 0. The van der Waals surface area contributed by atoms with Gasteiger partial charge in [0.25, 0.3) is 5.91 Å². The molecule has 2 rings (SSSR count). The number of hydrogen-bond donors (Lipinski definition) is 0. The van der Waals surface area contributed by atoms with Crippen molar-refractivity contribution in [2.45, 2.75) is 57.0 Å². The molecule has 128 valence electrons. The van der Waals surface area contributed by atoms with Gasteiger partial charge in [0.1, 0.15) is 11.6 Å². The maximum Gasteiger partial charge on any atom is 0.265 e. The summed E-state index contributed by atoms with van der Waals surface area (Å²) in [6.45, 7) is 2.02. The number of likely N-dealkylation sites (N-methyl/N-ethyl adjacent to an activating group) is 1. The van der Waals surface area contributed by atoms with Crippen LogP contribution in [0, 0.1) is 11.3 Å². The highest BCUT2D eigenvalue weighted by Gasteiger charge is 2.26. The van der Waals surface area contributed by atoms with E-state index in [9.17, 15) is 10.1 Å². The molecule has 0 atom stereocenters. The zero-order valence-electron chi connectivity index (χ0n) is 14.8. The molecule has 2 fully saturated rings. The Hall–Kier alpha value is -1.54. The summed E-state index contributed by atoms with van der Waals surface area (Å²) in [6, 6.07) is 2.83. The van der Waals surface area contributed by atoms with Crippen LogP contribution in [0.25, 0.3) is 0 Å². The van der Waals surface area contributed by atoms with E-state index in [1.165, 1.54) is 19.3 Å². The highest BCUT2D eigenvalue weighted by Crippen LogP contribution is 2.23. The summed E-state index contributed by atoms with van der Waals surface area (Å²) in [7, 11) is 5.94. The van der Waals surface area contributed by atoms with Crippen LogP contribution < -0.4 is 0 Å². The van der Waals surface area contributed by atoms with Crippen LogP contribution in [0.2, 0.25) is 0 Å². The van der Waals surface area contributed by atoms with Crippen molar-refractivity contribution in [3.05, 3.63) is 11.8 Å². The van der Waals surface area contributed by atoms with Crippen molar-refractivity contribution in [2.75, 3.05) is 34.2 Å². The number of nitrogens with zero attached hydrogens (tertiary/aromatic N) is 4. The molecule has 1 amide bonds. The van der Waals surface area contributed by atoms with E-state index < -0.39 is 0 Å². The first-order valence-corrected chi connectivity index (χ1v) is 8.82. The zero-order chi connectivity index (χ0) is 16.8. The van der Waals surface area contributed by atoms with Crippen molar-refractivity contribution in [2.24, 2.45) is 0 Å². The molecule has 0 spiro atoms. The standard InChI is InChI=1S/C18H30N4O/c1-20-11-9-17(10-12-20)22(3)18(23)15(13-19)14-21(2)16-7-5-4-6-8-16/h14,16-17H,4-12H2,1-3H3/b15-14-. The van der Waals surface area contributed by atoms with Crippen molar-refractivity contribution >= 4 is 5.91 Å². The van der Waals surface area contributed by atoms with Gasteiger partial charge in [-0.25, -0.2) is 0 Å². The van der Waals surface area contributed by atoms with E-state index in [2.05, 4.69) is 22.9 Å². The van der Waals surface area contributed by atoms with Gasteiger partial charge in [-0.15, -0.1) is 0 Å². The SMILES string of the molecule is CN1CCC(N(C)C(=O)/C(C#N)=C\N(C)C2CCCCC2)CC1. The minimum atomic E-state index is -0.135. The second-order valence-electron chi connectivity index (χ2n) is 7.06. The Morgan fingerprint density at radius 3 is 2.26 bits per heavy atom. The summed E-state index contributed by atoms with van der Waals surface area (Å²) >= 11 is 0. The largest absolute Gasteiger partial charge is 0.376 e. The van der Waals surface area contributed by atoms with Crippen LogP contribution in [0.3, 0.4) is 0 Å². The maximum absolute atomic E-state index is 12.7. The van der Waals surface area contributed by atoms with E-state index in [0.29, 0.717) is 6.04 Å². The Morgan fingerprint density at radius 1 is 1.09 bits per heavy atom. The number of hydrogen-bond acceptors (Lipinski definition) is 4. The molecule has 1 saturated heterocycles. The van der Waals surface area contributed by atoms with Gasteiger partial charge in [-0.3, -0.25) is 4.79 Å². The Balaban J connectivity index is 1.99. The van der Waals surface area contributed by atoms with Crippen LogP contribution in [-0.2, 0) is 4.79 Å². The normalized spacial score (nSPS) is 21.7. The molecule has 2 aliphatic rings. The third-order valence-corrected chi connectivity index (χ3v) is 5.39. The van der Waals surface area contributed by atoms with Gasteiger partial charge in [0.15, 0.2) is 0 Å². The molecule has 0 radical (unpaired) electrons. The average Bonchev–Trinajstić information content (AvgIpc) is 2.59. The smallest absolute Gasteiger partial charge is 0.265 e. The fourth-order valence-electron chi connectivity index (χ4n) is 3.67. The second kappa shape index (κ2) is 8.35. The first kappa shape index (κ1) is 17.8. The minimum Gasteiger partial charge on any atom is -0.376 e. The Kier molecular flexibility index (Phi) is 6.47. The fourth-order valence-corrected chi connectivity index (χ4v) is 3.67. The van der Waals surface area contributed by atoms with Gasteiger partial charge < -0.3 is 14.7 Å². The molecule has 1 heterocycles. The lowest BCUT2D eigenvalue weighted by molar-refractivity contribution is -0.128. The molecule has 0 bridgehead atoms. The molecule has 0 aromatic rings. The van der Waals surface area contributed by atoms with Crippen molar-refractivity contribution in [3.63, 3.8) is 0 Å². The summed E-state index contributed by atoms with van der Waals surface area (Å²) in [5.74, 6) is -0.135. The molecule has 23 heavy (non-hydrogen) atoms. The van der Waals surface area contributed by atoms with Crippen molar-refractivity contribution in [1.82, 2.24) is 14.7 Å². The van der Waals surface area contributed by atoms with Crippen LogP contribution in [0.4, 0.5) is 0 Å². The van der Waals surface area contributed by atoms with E-state index in [-0.39, 0.29) is 17.5 Å². The van der Waals surface area contributed by atoms with Gasteiger partial charge in [-0.1, -0.05) is 19.3 Å². The quantitative estimate of drug-likeness (QED) is 0.589. The third kappa shape index (κ3) is 4.71. The van der Waals surface area contributed by atoms with E-state index in [0.717, 1.165) is 38.8 Å². The molecule has 5 nitrogen and oxygen atoms in total. The van der Waals surface area contributed by atoms with Crippen LogP contribution in [0.1, 0.15) is 44.9 Å². The highest BCUT2D eigenvalue weighted by atomic mass is 16.2. The molecular formula is C18H30N4O. The minimum absolute atomic E-state index is 0.135. The topological polar surface area (TPSA) is 50.6 Å². The Morgan fingerprint density at radius 2 is 1.70 bits per heavy atom. The molecule has 1 aliphatic heterocycles. The number of carbonyl (C=O) groups excluding carboxylic acids is 1. The van der Waals surface area contributed by atoms with Gasteiger partial charge in [0.05, 0.1) is 0 Å². The zero-order valence-corrected chi connectivity index (χ0v) is 14.8. The molecular weight excluding hydrogens is 288 g/mol.